The van der Waals surface area contributed by atoms with E-state index in [4.69, 9.17) is 0 Å². The Bertz CT molecular complexity index is 468. The molecule has 0 aromatic heterocycles. The van der Waals surface area contributed by atoms with E-state index < -0.39 is 0 Å². The number of carbonyl (C=O) groups is 2. The van der Waals surface area contributed by atoms with Crippen molar-refractivity contribution in [3.63, 3.8) is 0 Å². The zero-order valence-corrected chi connectivity index (χ0v) is 10.1. The Kier molecular flexibility index (Phi) is 3.13. The smallest absolute Gasteiger partial charge is 0.221 e. The minimum absolute atomic E-state index is 0.0626. The first-order valence-electron chi connectivity index (χ1n) is 5.72. The molecule has 4 nitrogen and oxygen atoms in total. The van der Waals surface area contributed by atoms with Crippen molar-refractivity contribution in [2.45, 2.75) is 26.8 Å². The molecule has 2 amide bonds. The van der Waals surface area contributed by atoms with Gasteiger partial charge in [0.15, 0.2) is 0 Å². The van der Waals surface area contributed by atoms with Crippen LogP contribution in [-0.4, -0.2) is 23.3 Å². The fourth-order valence-corrected chi connectivity index (χ4v) is 2.18. The van der Waals surface area contributed by atoms with E-state index in [1.807, 2.05) is 23.1 Å². The molecule has 0 saturated heterocycles. The molecule has 1 aromatic rings. The summed E-state index contributed by atoms with van der Waals surface area (Å²) < 4.78 is 0. The van der Waals surface area contributed by atoms with Crippen LogP contribution in [0.5, 0.6) is 0 Å². The fourth-order valence-electron chi connectivity index (χ4n) is 2.18. The number of hydrogen-bond acceptors (Lipinski definition) is 2. The lowest BCUT2D eigenvalue weighted by molar-refractivity contribution is -0.129. The van der Waals surface area contributed by atoms with E-state index in [9.17, 15) is 9.59 Å². The number of fused-ring (bicyclic) bond motifs is 1. The Hall–Kier alpha value is -1.84. The van der Waals surface area contributed by atoms with Crippen molar-refractivity contribution in [3.05, 3.63) is 29.3 Å². The Morgan fingerprint density at radius 2 is 2.06 bits per heavy atom. The molecule has 1 aromatic carbocycles. The summed E-state index contributed by atoms with van der Waals surface area (Å²) in [7, 11) is 0. The minimum atomic E-state index is -0.0626. The van der Waals surface area contributed by atoms with E-state index in [2.05, 4.69) is 5.32 Å². The van der Waals surface area contributed by atoms with Crippen molar-refractivity contribution in [1.29, 1.82) is 0 Å². The molecular weight excluding hydrogens is 216 g/mol. The first-order chi connectivity index (χ1) is 8.08. The SMILES string of the molecule is CC(=O)Nc1cccc2c1CCN(C(C)=O)C2. The molecule has 0 bridgehead atoms. The van der Waals surface area contributed by atoms with Crippen LogP contribution in [0.2, 0.25) is 0 Å². The standard InChI is InChI=1S/C13H16N2O2/c1-9(16)14-13-5-3-4-11-8-15(10(2)17)7-6-12(11)13/h3-5H,6-8H2,1-2H3,(H,14,16). The maximum atomic E-state index is 11.3. The fraction of sp³-hybridized carbons (Fsp3) is 0.385. The van der Waals surface area contributed by atoms with Crippen LogP contribution in [0.25, 0.3) is 0 Å². The van der Waals surface area contributed by atoms with Gasteiger partial charge in [-0.3, -0.25) is 9.59 Å². The van der Waals surface area contributed by atoms with Crippen LogP contribution < -0.4 is 5.32 Å². The predicted octanol–water partition coefficient (Wildman–Crippen LogP) is 1.55. The molecule has 0 fully saturated rings. The summed E-state index contributed by atoms with van der Waals surface area (Å²) in [5.74, 6) is 0.0352. The molecule has 1 aliphatic rings. The highest BCUT2D eigenvalue weighted by Crippen LogP contribution is 2.26. The molecule has 17 heavy (non-hydrogen) atoms. The van der Waals surface area contributed by atoms with E-state index >= 15 is 0 Å². The van der Waals surface area contributed by atoms with Gasteiger partial charge in [-0.1, -0.05) is 12.1 Å². The van der Waals surface area contributed by atoms with Gasteiger partial charge >= 0.3 is 0 Å². The second-order valence-electron chi connectivity index (χ2n) is 4.32. The number of anilines is 1. The van der Waals surface area contributed by atoms with Crippen molar-refractivity contribution < 1.29 is 9.59 Å². The van der Waals surface area contributed by atoms with Gasteiger partial charge in [0, 0.05) is 32.6 Å². The third-order valence-electron chi connectivity index (χ3n) is 3.02. The molecular formula is C13H16N2O2. The number of benzene rings is 1. The Morgan fingerprint density at radius 1 is 1.29 bits per heavy atom. The third kappa shape index (κ3) is 2.46. The van der Waals surface area contributed by atoms with Crippen LogP contribution in [-0.2, 0) is 22.6 Å². The Balaban J connectivity index is 2.29. The number of carbonyl (C=O) groups excluding carboxylic acids is 2. The van der Waals surface area contributed by atoms with Gasteiger partial charge in [0.2, 0.25) is 11.8 Å². The molecule has 0 aliphatic carbocycles. The zero-order chi connectivity index (χ0) is 12.4. The van der Waals surface area contributed by atoms with Crippen molar-refractivity contribution in [2.24, 2.45) is 0 Å². The summed E-state index contributed by atoms with van der Waals surface area (Å²) in [6, 6.07) is 5.83. The van der Waals surface area contributed by atoms with Crippen LogP contribution in [0.4, 0.5) is 5.69 Å². The highest BCUT2D eigenvalue weighted by atomic mass is 16.2. The maximum absolute atomic E-state index is 11.3. The van der Waals surface area contributed by atoms with E-state index in [1.165, 1.54) is 6.92 Å². The first kappa shape index (κ1) is 11.6. The van der Waals surface area contributed by atoms with Crippen LogP contribution in [0.1, 0.15) is 25.0 Å². The second kappa shape index (κ2) is 4.57. The summed E-state index contributed by atoms with van der Waals surface area (Å²) in [5, 5.41) is 2.83. The van der Waals surface area contributed by atoms with Gasteiger partial charge in [0.1, 0.15) is 0 Å². The summed E-state index contributed by atoms with van der Waals surface area (Å²) in [4.78, 5) is 24.2. The van der Waals surface area contributed by atoms with E-state index in [0.29, 0.717) is 6.54 Å². The number of hydrogen-bond donors (Lipinski definition) is 1. The van der Waals surface area contributed by atoms with Gasteiger partial charge in [0.05, 0.1) is 0 Å². The van der Waals surface area contributed by atoms with Crippen molar-refractivity contribution in [1.82, 2.24) is 4.90 Å². The highest BCUT2D eigenvalue weighted by molar-refractivity contribution is 5.89. The molecule has 2 rings (SSSR count). The Morgan fingerprint density at radius 3 is 2.71 bits per heavy atom. The lowest BCUT2D eigenvalue weighted by Crippen LogP contribution is -2.34. The van der Waals surface area contributed by atoms with Crippen molar-refractivity contribution in [3.8, 4) is 0 Å². The van der Waals surface area contributed by atoms with Crippen LogP contribution in [0.15, 0.2) is 18.2 Å². The van der Waals surface area contributed by atoms with E-state index in [0.717, 1.165) is 29.8 Å². The summed E-state index contributed by atoms with van der Waals surface area (Å²) in [6.45, 7) is 4.45. The average Bonchev–Trinajstić information content (AvgIpc) is 2.28. The Labute approximate surface area is 101 Å². The molecule has 0 spiro atoms. The second-order valence-corrected chi connectivity index (χ2v) is 4.32. The lowest BCUT2D eigenvalue weighted by Gasteiger charge is -2.29. The zero-order valence-electron chi connectivity index (χ0n) is 10.1. The summed E-state index contributed by atoms with van der Waals surface area (Å²) in [6.07, 6.45) is 0.797. The van der Waals surface area contributed by atoms with Gasteiger partial charge in [-0.15, -0.1) is 0 Å². The predicted molar refractivity (Wildman–Crippen MR) is 65.5 cm³/mol. The van der Waals surface area contributed by atoms with Crippen LogP contribution in [0.3, 0.4) is 0 Å². The maximum Gasteiger partial charge on any atom is 0.221 e. The molecule has 0 radical (unpaired) electrons. The highest BCUT2D eigenvalue weighted by Gasteiger charge is 2.20. The number of rotatable bonds is 1. The lowest BCUT2D eigenvalue weighted by atomic mass is 9.97. The van der Waals surface area contributed by atoms with E-state index in [1.54, 1.807) is 6.92 Å². The third-order valence-corrected chi connectivity index (χ3v) is 3.02. The quantitative estimate of drug-likeness (QED) is 0.798. The molecule has 4 heteroatoms. The molecule has 0 unspecified atom stereocenters. The van der Waals surface area contributed by atoms with Crippen LogP contribution in [0, 0.1) is 0 Å². The van der Waals surface area contributed by atoms with Crippen molar-refractivity contribution >= 4 is 17.5 Å². The monoisotopic (exact) mass is 232 g/mol. The summed E-state index contributed by atoms with van der Waals surface area (Å²) in [5.41, 5.74) is 3.15. The first-order valence-corrected chi connectivity index (χ1v) is 5.72. The molecule has 0 saturated carbocycles. The molecule has 90 valence electrons. The number of nitrogens with one attached hydrogen (secondary N) is 1. The molecule has 1 N–H and O–H groups in total. The largest absolute Gasteiger partial charge is 0.338 e. The van der Waals surface area contributed by atoms with Gasteiger partial charge in [-0.05, 0) is 23.6 Å². The topological polar surface area (TPSA) is 49.4 Å². The number of amides is 2. The normalized spacial score (nSPS) is 14.1. The van der Waals surface area contributed by atoms with Crippen molar-refractivity contribution in [2.75, 3.05) is 11.9 Å². The van der Waals surface area contributed by atoms with Gasteiger partial charge < -0.3 is 10.2 Å². The molecule has 0 atom stereocenters. The van der Waals surface area contributed by atoms with Gasteiger partial charge in [-0.2, -0.15) is 0 Å². The molecule has 1 aliphatic heterocycles. The van der Waals surface area contributed by atoms with E-state index in [-0.39, 0.29) is 11.8 Å². The minimum Gasteiger partial charge on any atom is -0.338 e. The average molecular weight is 232 g/mol. The molecule has 1 heterocycles. The van der Waals surface area contributed by atoms with Crippen LogP contribution >= 0.6 is 0 Å². The number of nitrogens with zero attached hydrogens (tertiary/aromatic N) is 1. The van der Waals surface area contributed by atoms with Gasteiger partial charge in [0.25, 0.3) is 0 Å². The van der Waals surface area contributed by atoms with Gasteiger partial charge in [-0.25, -0.2) is 0 Å². The summed E-state index contributed by atoms with van der Waals surface area (Å²) >= 11 is 0.